The van der Waals surface area contributed by atoms with Crippen LogP contribution >= 0.6 is 0 Å². The molecule has 1 fully saturated rings. The van der Waals surface area contributed by atoms with Gasteiger partial charge in [0.15, 0.2) is 0 Å². The standard InChI is InChI=1S/C8H18OSi/c1-7(2)10-8-5-3-4-6-9-8/h7-8H,3-6,10H2,1-2H3. The first kappa shape index (κ1) is 8.28. The zero-order chi connectivity index (χ0) is 7.40. The molecule has 0 radical (unpaired) electrons. The van der Waals surface area contributed by atoms with Gasteiger partial charge < -0.3 is 4.74 Å². The lowest BCUT2D eigenvalue weighted by Crippen LogP contribution is -2.26. The molecular weight excluding hydrogens is 140 g/mol. The van der Waals surface area contributed by atoms with Gasteiger partial charge in [-0.05, 0) is 19.3 Å². The quantitative estimate of drug-likeness (QED) is 0.554. The molecule has 1 unspecified atom stereocenters. The van der Waals surface area contributed by atoms with Gasteiger partial charge in [-0.3, -0.25) is 0 Å². The molecule has 0 saturated carbocycles. The molecule has 0 aromatic carbocycles. The average Bonchev–Trinajstić information content (AvgIpc) is 1.88. The number of rotatable bonds is 2. The smallest absolute Gasteiger partial charge is 0.0581 e. The van der Waals surface area contributed by atoms with Gasteiger partial charge in [-0.1, -0.05) is 19.4 Å². The third-order valence-electron chi connectivity index (χ3n) is 2.01. The molecule has 0 aromatic rings. The fourth-order valence-corrected chi connectivity index (χ4v) is 3.40. The van der Waals surface area contributed by atoms with Crippen LogP contribution in [-0.4, -0.2) is 21.9 Å². The molecule has 1 heterocycles. The molecular formula is C8H18OSi. The Hall–Kier alpha value is 0.177. The van der Waals surface area contributed by atoms with E-state index in [4.69, 9.17) is 4.74 Å². The Morgan fingerprint density at radius 3 is 2.70 bits per heavy atom. The molecule has 1 aliphatic rings. The first-order valence-corrected chi connectivity index (χ1v) is 6.04. The predicted octanol–water partition coefficient (Wildman–Crippen LogP) is 1.51. The summed E-state index contributed by atoms with van der Waals surface area (Å²) in [6, 6.07) is 0. The van der Waals surface area contributed by atoms with Gasteiger partial charge >= 0.3 is 0 Å². The summed E-state index contributed by atoms with van der Waals surface area (Å²) in [5.41, 5.74) is 1.65. The zero-order valence-corrected chi connectivity index (χ0v) is 8.51. The lowest BCUT2D eigenvalue weighted by atomic mass is 10.2. The second-order valence-corrected chi connectivity index (χ2v) is 6.63. The molecule has 2 heteroatoms. The maximum absolute atomic E-state index is 5.65. The van der Waals surface area contributed by atoms with Gasteiger partial charge in [-0.15, -0.1) is 0 Å². The van der Waals surface area contributed by atoms with Crippen molar-refractivity contribution in [3.05, 3.63) is 0 Å². The molecule has 1 saturated heterocycles. The van der Waals surface area contributed by atoms with E-state index in [0.29, 0.717) is 5.73 Å². The fourth-order valence-electron chi connectivity index (χ4n) is 1.52. The van der Waals surface area contributed by atoms with Gasteiger partial charge in [0.05, 0.1) is 9.52 Å². The fraction of sp³-hybridized carbons (Fsp3) is 1.00. The highest BCUT2D eigenvalue weighted by molar-refractivity contribution is 6.39. The molecule has 0 aromatic heterocycles. The Labute approximate surface area is 66.0 Å². The first-order valence-electron chi connectivity index (χ1n) is 4.40. The average molecular weight is 158 g/mol. The molecule has 0 amide bonds. The van der Waals surface area contributed by atoms with E-state index in [9.17, 15) is 0 Å². The largest absolute Gasteiger partial charge is 0.382 e. The monoisotopic (exact) mass is 158 g/mol. The van der Waals surface area contributed by atoms with E-state index in [1.165, 1.54) is 19.3 Å². The van der Waals surface area contributed by atoms with Crippen molar-refractivity contribution in [3.8, 4) is 0 Å². The minimum atomic E-state index is 0.0781. The third kappa shape index (κ3) is 2.84. The maximum Gasteiger partial charge on any atom is 0.0581 e. The highest BCUT2D eigenvalue weighted by Gasteiger charge is 2.14. The lowest BCUT2D eigenvalue weighted by Gasteiger charge is -2.23. The van der Waals surface area contributed by atoms with Gasteiger partial charge in [-0.2, -0.15) is 0 Å². The van der Waals surface area contributed by atoms with Crippen LogP contribution in [0.2, 0.25) is 5.54 Å². The summed E-state index contributed by atoms with van der Waals surface area (Å²) >= 11 is 0. The van der Waals surface area contributed by atoms with Crippen molar-refractivity contribution in [3.63, 3.8) is 0 Å². The van der Waals surface area contributed by atoms with Crippen LogP contribution in [0.3, 0.4) is 0 Å². The van der Waals surface area contributed by atoms with Gasteiger partial charge in [0.2, 0.25) is 0 Å². The van der Waals surface area contributed by atoms with Crippen LogP contribution < -0.4 is 0 Å². The van der Waals surface area contributed by atoms with Gasteiger partial charge in [0.1, 0.15) is 0 Å². The van der Waals surface area contributed by atoms with E-state index < -0.39 is 0 Å². The molecule has 60 valence electrons. The Morgan fingerprint density at radius 2 is 2.20 bits per heavy atom. The molecule has 1 nitrogen and oxygen atoms in total. The van der Waals surface area contributed by atoms with Crippen LogP contribution in [0, 0.1) is 0 Å². The van der Waals surface area contributed by atoms with Crippen molar-refractivity contribution in [2.75, 3.05) is 6.61 Å². The van der Waals surface area contributed by atoms with Crippen molar-refractivity contribution >= 4 is 9.52 Å². The minimum absolute atomic E-state index is 0.0781. The summed E-state index contributed by atoms with van der Waals surface area (Å²) < 4.78 is 5.65. The zero-order valence-electron chi connectivity index (χ0n) is 7.10. The summed E-state index contributed by atoms with van der Waals surface area (Å²) in [6.07, 6.45) is 4.05. The third-order valence-corrected chi connectivity index (χ3v) is 4.12. The molecule has 1 aliphatic heterocycles. The normalized spacial score (nSPS) is 28.5. The summed E-state index contributed by atoms with van der Waals surface area (Å²) in [7, 11) is 0.0781. The SMILES string of the molecule is CC(C)[SiH2]C1CCCCO1. The van der Waals surface area contributed by atoms with E-state index in [-0.39, 0.29) is 9.52 Å². The van der Waals surface area contributed by atoms with E-state index >= 15 is 0 Å². The maximum atomic E-state index is 5.65. The van der Waals surface area contributed by atoms with Crippen LogP contribution in [0.4, 0.5) is 0 Å². The van der Waals surface area contributed by atoms with Crippen molar-refractivity contribution in [2.24, 2.45) is 0 Å². The molecule has 0 bridgehead atoms. The van der Waals surface area contributed by atoms with E-state index in [1.807, 2.05) is 0 Å². The number of ether oxygens (including phenoxy) is 1. The Balaban J connectivity index is 2.13. The Bertz CT molecular complexity index is 87.3. The van der Waals surface area contributed by atoms with E-state index in [2.05, 4.69) is 13.8 Å². The molecule has 0 aliphatic carbocycles. The summed E-state index contributed by atoms with van der Waals surface area (Å²) in [5.74, 6) is 0. The molecule has 1 rings (SSSR count). The molecule has 0 spiro atoms. The van der Waals surface area contributed by atoms with Crippen molar-refractivity contribution in [1.82, 2.24) is 0 Å². The van der Waals surface area contributed by atoms with Gasteiger partial charge in [0, 0.05) is 12.3 Å². The van der Waals surface area contributed by atoms with Crippen LogP contribution in [0.5, 0.6) is 0 Å². The number of hydrogen-bond acceptors (Lipinski definition) is 1. The van der Waals surface area contributed by atoms with Gasteiger partial charge in [0.25, 0.3) is 0 Å². The summed E-state index contributed by atoms with van der Waals surface area (Å²) in [4.78, 5) is 0. The van der Waals surface area contributed by atoms with Crippen LogP contribution in [0.25, 0.3) is 0 Å². The van der Waals surface area contributed by atoms with Crippen LogP contribution in [0.1, 0.15) is 33.1 Å². The molecule has 0 N–H and O–H groups in total. The highest BCUT2D eigenvalue weighted by Crippen LogP contribution is 2.15. The van der Waals surface area contributed by atoms with Crippen LogP contribution in [0.15, 0.2) is 0 Å². The van der Waals surface area contributed by atoms with E-state index in [1.54, 1.807) is 0 Å². The molecule has 10 heavy (non-hydrogen) atoms. The minimum Gasteiger partial charge on any atom is -0.382 e. The highest BCUT2D eigenvalue weighted by atomic mass is 28.2. The van der Waals surface area contributed by atoms with E-state index in [0.717, 1.165) is 12.1 Å². The Kier molecular flexibility index (Phi) is 3.42. The number of hydrogen-bond donors (Lipinski definition) is 0. The topological polar surface area (TPSA) is 9.23 Å². The summed E-state index contributed by atoms with van der Waals surface area (Å²) in [6.45, 7) is 5.68. The molecule has 1 atom stereocenters. The summed E-state index contributed by atoms with van der Waals surface area (Å²) in [5, 5.41) is 0. The second kappa shape index (κ2) is 4.14. The predicted molar refractivity (Wildman–Crippen MR) is 47.2 cm³/mol. The van der Waals surface area contributed by atoms with Crippen molar-refractivity contribution in [2.45, 2.75) is 44.4 Å². The van der Waals surface area contributed by atoms with Crippen molar-refractivity contribution in [1.29, 1.82) is 0 Å². The second-order valence-electron chi connectivity index (χ2n) is 3.62. The van der Waals surface area contributed by atoms with Crippen LogP contribution in [-0.2, 0) is 4.74 Å². The van der Waals surface area contributed by atoms with Crippen molar-refractivity contribution < 1.29 is 4.74 Å². The van der Waals surface area contributed by atoms with Gasteiger partial charge in [-0.25, -0.2) is 0 Å². The Morgan fingerprint density at radius 1 is 1.40 bits per heavy atom. The lowest BCUT2D eigenvalue weighted by molar-refractivity contribution is 0.0645. The first-order chi connectivity index (χ1) is 4.79.